The summed E-state index contributed by atoms with van der Waals surface area (Å²) in [6.45, 7) is 0. The summed E-state index contributed by atoms with van der Waals surface area (Å²) < 4.78 is 1.72. The predicted octanol–water partition coefficient (Wildman–Crippen LogP) is 1.81. The van der Waals surface area contributed by atoms with Gasteiger partial charge in [-0.3, -0.25) is 9.48 Å². The molecule has 0 aliphatic heterocycles. The molecule has 1 aliphatic carbocycles. The molecule has 7 heteroatoms. The van der Waals surface area contributed by atoms with Gasteiger partial charge in [0.15, 0.2) is 0 Å². The Morgan fingerprint density at radius 2 is 2.29 bits per heavy atom. The molecule has 0 aromatic carbocycles. The van der Waals surface area contributed by atoms with Gasteiger partial charge in [0.25, 0.3) is 5.91 Å². The minimum atomic E-state index is -0.104. The molecule has 1 N–H and O–H groups in total. The van der Waals surface area contributed by atoms with Crippen molar-refractivity contribution in [3.05, 3.63) is 36.0 Å². The van der Waals surface area contributed by atoms with Crippen molar-refractivity contribution >= 4 is 17.7 Å². The maximum Gasteiger partial charge on any atom is 0.254 e. The highest BCUT2D eigenvalue weighted by Crippen LogP contribution is 2.40. The molecular formula is C14H17N5OS. The lowest BCUT2D eigenvalue weighted by Crippen LogP contribution is -2.32. The van der Waals surface area contributed by atoms with Crippen molar-refractivity contribution in [2.75, 3.05) is 6.26 Å². The van der Waals surface area contributed by atoms with E-state index in [1.54, 1.807) is 23.0 Å². The van der Waals surface area contributed by atoms with Gasteiger partial charge in [-0.25, -0.2) is 9.97 Å². The molecule has 1 fully saturated rings. The third-order valence-corrected chi connectivity index (χ3v) is 4.33. The summed E-state index contributed by atoms with van der Waals surface area (Å²) in [6.07, 6.45) is 7.36. The summed E-state index contributed by atoms with van der Waals surface area (Å²) in [4.78, 5) is 21.1. The molecule has 1 amide bonds. The van der Waals surface area contributed by atoms with Crippen molar-refractivity contribution in [2.45, 2.75) is 23.9 Å². The standard InChI is InChI=1S/C14H17N5OS/c1-19-12(16-8-17-19)11(9-5-6-9)18-13(20)10-4-3-7-15-14(10)21-2/h3-4,7-9,11H,5-6H2,1-2H3,(H,18,20). The molecule has 2 aromatic rings. The Hall–Kier alpha value is -1.89. The monoisotopic (exact) mass is 303 g/mol. The van der Waals surface area contributed by atoms with Crippen LogP contribution < -0.4 is 5.32 Å². The number of hydrogen-bond donors (Lipinski definition) is 1. The van der Waals surface area contributed by atoms with Crippen LogP contribution in [0.15, 0.2) is 29.7 Å². The van der Waals surface area contributed by atoms with Crippen molar-refractivity contribution in [2.24, 2.45) is 13.0 Å². The first-order valence-electron chi connectivity index (χ1n) is 6.84. The molecule has 2 heterocycles. The van der Waals surface area contributed by atoms with E-state index >= 15 is 0 Å². The number of amides is 1. The maximum atomic E-state index is 12.6. The number of aryl methyl sites for hydroxylation is 1. The number of carbonyl (C=O) groups is 1. The van der Waals surface area contributed by atoms with Crippen LogP contribution in [0.4, 0.5) is 0 Å². The molecule has 1 atom stereocenters. The number of nitrogens with one attached hydrogen (secondary N) is 1. The van der Waals surface area contributed by atoms with Crippen LogP contribution in [0.2, 0.25) is 0 Å². The van der Waals surface area contributed by atoms with Crippen LogP contribution in [-0.4, -0.2) is 31.9 Å². The predicted molar refractivity (Wildman–Crippen MR) is 80.0 cm³/mol. The molecule has 0 spiro atoms. The molecule has 3 rings (SSSR count). The minimum Gasteiger partial charge on any atom is -0.342 e. The normalized spacial score (nSPS) is 15.7. The Morgan fingerprint density at radius 3 is 2.90 bits per heavy atom. The number of carbonyl (C=O) groups excluding carboxylic acids is 1. The number of hydrogen-bond acceptors (Lipinski definition) is 5. The largest absolute Gasteiger partial charge is 0.342 e. The van der Waals surface area contributed by atoms with E-state index < -0.39 is 0 Å². The number of aromatic nitrogens is 4. The number of rotatable bonds is 5. The molecule has 0 bridgehead atoms. The fourth-order valence-corrected chi connectivity index (χ4v) is 2.90. The maximum absolute atomic E-state index is 12.6. The Kier molecular flexibility index (Phi) is 3.92. The van der Waals surface area contributed by atoms with Gasteiger partial charge in [-0.05, 0) is 37.1 Å². The highest BCUT2D eigenvalue weighted by Gasteiger charge is 2.36. The summed E-state index contributed by atoms with van der Waals surface area (Å²) in [5, 5.41) is 7.94. The van der Waals surface area contributed by atoms with Gasteiger partial charge >= 0.3 is 0 Å². The van der Waals surface area contributed by atoms with Gasteiger partial charge in [0, 0.05) is 13.2 Å². The summed E-state index contributed by atoms with van der Waals surface area (Å²) in [5.74, 6) is 1.15. The third-order valence-electron chi connectivity index (χ3n) is 3.61. The van der Waals surface area contributed by atoms with E-state index in [-0.39, 0.29) is 11.9 Å². The van der Waals surface area contributed by atoms with Gasteiger partial charge in [-0.1, -0.05) is 0 Å². The van der Waals surface area contributed by atoms with E-state index in [4.69, 9.17) is 0 Å². The van der Waals surface area contributed by atoms with Crippen LogP contribution in [-0.2, 0) is 7.05 Å². The molecule has 0 saturated heterocycles. The summed E-state index contributed by atoms with van der Waals surface area (Å²) >= 11 is 1.47. The van der Waals surface area contributed by atoms with E-state index in [1.807, 2.05) is 13.3 Å². The van der Waals surface area contributed by atoms with Crippen molar-refractivity contribution in [1.82, 2.24) is 25.1 Å². The van der Waals surface area contributed by atoms with Gasteiger partial charge in [0.2, 0.25) is 0 Å². The van der Waals surface area contributed by atoms with Gasteiger partial charge < -0.3 is 5.32 Å². The fraction of sp³-hybridized carbons (Fsp3) is 0.429. The van der Waals surface area contributed by atoms with E-state index in [0.717, 1.165) is 23.7 Å². The number of nitrogens with zero attached hydrogens (tertiary/aromatic N) is 4. The lowest BCUT2D eigenvalue weighted by Gasteiger charge is -2.18. The van der Waals surface area contributed by atoms with Gasteiger partial charge in [-0.2, -0.15) is 5.10 Å². The van der Waals surface area contributed by atoms with Gasteiger partial charge in [0.05, 0.1) is 11.6 Å². The molecule has 1 aliphatic rings. The molecule has 110 valence electrons. The zero-order valence-corrected chi connectivity index (χ0v) is 12.8. The summed E-state index contributed by atoms with van der Waals surface area (Å²) in [6, 6.07) is 3.50. The van der Waals surface area contributed by atoms with Crippen LogP contribution in [0, 0.1) is 5.92 Å². The Morgan fingerprint density at radius 1 is 1.48 bits per heavy atom. The zero-order chi connectivity index (χ0) is 14.8. The van der Waals surface area contributed by atoms with Crippen molar-refractivity contribution in [3.63, 3.8) is 0 Å². The molecule has 21 heavy (non-hydrogen) atoms. The second kappa shape index (κ2) is 5.85. The Bertz CT molecular complexity index is 652. The highest BCUT2D eigenvalue weighted by atomic mass is 32.2. The lowest BCUT2D eigenvalue weighted by atomic mass is 10.1. The minimum absolute atomic E-state index is 0.0834. The van der Waals surface area contributed by atoms with E-state index in [2.05, 4.69) is 20.4 Å². The molecule has 6 nitrogen and oxygen atoms in total. The topological polar surface area (TPSA) is 72.7 Å². The molecule has 1 saturated carbocycles. The quantitative estimate of drug-likeness (QED) is 0.853. The molecule has 2 aromatic heterocycles. The summed E-state index contributed by atoms with van der Waals surface area (Å²) in [7, 11) is 1.85. The van der Waals surface area contributed by atoms with E-state index in [0.29, 0.717) is 11.5 Å². The average molecular weight is 303 g/mol. The van der Waals surface area contributed by atoms with Crippen molar-refractivity contribution in [3.8, 4) is 0 Å². The molecular weight excluding hydrogens is 286 g/mol. The smallest absolute Gasteiger partial charge is 0.254 e. The van der Waals surface area contributed by atoms with Gasteiger partial charge in [0.1, 0.15) is 17.2 Å². The molecule has 0 radical (unpaired) electrons. The fourth-order valence-electron chi connectivity index (χ4n) is 2.35. The first kappa shape index (κ1) is 14.1. The Labute approximate surface area is 127 Å². The SMILES string of the molecule is CSc1ncccc1C(=O)NC(c1ncnn1C)C1CC1. The van der Waals surface area contributed by atoms with Crippen LogP contribution >= 0.6 is 11.8 Å². The first-order chi connectivity index (χ1) is 10.2. The third kappa shape index (κ3) is 2.92. The van der Waals surface area contributed by atoms with Crippen molar-refractivity contribution in [1.29, 1.82) is 0 Å². The lowest BCUT2D eigenvalue weighted by molar-refractivity contribution is 0.0925. The van der Waals surface area contributed by atoms with Crippen molar-refractivity contribution < 1.29 is 4.79 Å². The number of thioether (sulfide) groups is 1. The van der Waals surface area contributed by atoms with E-state index in [9.17, 15) is 4.79 Å². The molecule has 1 unspecified atom stereocenters. The average Bonchev–Trinajstić information content (AvgIpc) is 3.26. The summed E-state index contributed by atoms with van der Waals surface area (Å²) in [5.41, 5.74) is 0.609. The second-order valence-electron chi connectivity index (χ2n) is 5.09. The number of pyridine rings is 1. The van der Waals surface area contributed by atoms with Crippen LogP contribution in [0.25, 0.3) is 0 Å². The zero-order valence-electron chi connectivity index (χ0n) is 12.0. The first-order valence-corrected chi connectivity index (χ1v) is 8.07. The Balaban J connectivity index is 1.83. The van der Waals surface area contributed by atoms with Crippen LogP contribution in [0.5, 0.6) is 0 Å². The van der Waals surface area contributed by atoms with Crippen LogP contribution in [0.3, 0.4) is 0 Å². The second-order valence-corrected chi connectivity index (χ2v) is 5.89. The van der Waals surface area contributed by atoms with E-state index in [1.165, 1.54) is 18.1 Å². The highest BCUT2D eigenvalue weighted by molar-refractivity contribution is 7.98. The van der Waals surface area contributed by atoms with Gasteiger partial charge in [-0.15, -0.1) is 11.8 Å². The van der Waals surface area contributed by atoms with Crippen LogP contribution in [0.1, 0.15) is 35.1 Å².